The highest BCUT2D eigenvalue weighted by atomic mass is 32.1. The minimum atomic E-state index is -0.0801. The number of nitrogens with one attached hydrogen (secondary N) is 2. The van der Waals surface area contributed by atoms with E-state index >= 15 is 0 Å². The molecule has 24 heavy (non-hydrogen) atoms. The van der Waals surface area contributed by atoms with Crippen molar-refractivity contribution in [3.05, 3.63) is 41.0 Å². The molecule has 6 heteroatoms. The van der Waals surface area contributed by atoms with E-state index in [1.807, 2.05) is 24.3 Å². The number of aryl methyl sites for hydroxylation is 2. The van der Waals surface area contributed by atoms with Crippen LogP contribution in [0.25, 0.3) is 10.2 Å². The Morgan fingerprint density at radius 3 is 2.88 bits per heavy atom. The minimum absolute atomic E-state index is 0.0801. The van der Waals surface area contributed by atoms with E-state index in [0.29, 0.717) is 0 Å². The number of aromatic nitrogens is 2. The van der Waals surface area contributed by atoms with Gasteiger partial charge in [-0.25, -0.2) is 9.97 Å². The lowest BCUT2D eigenvalue weighted by molar-refractivity contribution is -0.114. The number of nitrogens with zero attached hydrogens (tertiary/aromatic N) is 2. The molecule has 4 rings (SSSR count). The molecule has 2 N–H and O–H groups in total. The normalized spacial score (nSPS) is 13.5. The van der Waals surface area contributed by atoms with E-state index < -0.39 is 0 Å². The first-order chi connectivity index (χ1) is 11.7. The third-order valence-corrected chi connectivity index (χ3v) is 5.40. The monoisotopic (exact) mass is 338 g/mol. The van der Waals surface area contributed by atoms with E-state index in [1.165, 1.54) is 30.2 Å². The topological polar surface area (TPSA) is 66.9 Å². The van der Waals surface area contributed by atoms with Crippen LogP contribution in [0.4, 0.5) is 17.2 Å². The second-order valence-corrected chi connectivity index (χ2v) is 7.08. The zero-order valence-corrected chi connectivity index (χ0v) is 14.2. The van der Waals surface area contributed by atoms with Crippen molar-refractivity contribution in [2.45, 2.75) is 32.6 Å². The van der Waals surface area contributed by atoms with E-state index in [1.54, 1.807) is 17.7 Å². The third kappa shape index (κ3) is 2.85. The van der Waals surface area contributed by atoms with Crippen LogP contribution in [0.3, 0.4) is 0 Å². The maximum Gasteiger partial charge on any atom is 0.221 e. The SMILES string of the molecule is CC(=O)Nc1cccc(Nc2ncnc3sc4c(c23)CCCC4)c1. The quantitative estimate of drug-likeness (QED) is 0.748. The van der Waals surface area contributed by atoms with Crippen LogP contribution in [0.2, 0.25) is 0 Å². The number of amides is 1. The van der Waals surface area contributed by atoms with Crippen molar-refractivity contribution in [2.24, 2.45) is 0 Å². The summed E-state index contributed by atoms with van der Waals surface area (Å²) in [7, 11) is 0. The number of benzene rings is 1. The molecule has 2 aromatic heterocycles. The highest BCUT2D eigenvalue weighted by Gasteiger charge is 2.19. The lowest BCUT2D eigenvalue weighted by atomic mass is 9.97. The second kappa shape index (κ2) is 6.20. The molecular weight excluding hydrogens is 320 g/mol. The summed E-state index contributed by atoms with van der Waals surface area (Å²) in [5, 5.41) is 7.36. The average Bonchev–Trinajstić information content (AvgIpc) is 2.94. The molecule has 1 aliphatic rings. The molecule has 0 unspecified atom stereocenters. The Morgan fingerprint density at radius 2 is 2.00 bits per heavy atom. The van der Waals surface area contributed by atoms with Crippen molar-refractivity contribution < 1.29 is 4.79 Å². The van der Waals surface area contributed by atoms with Crippen LogP contribution >= 0.6 is 11.3 Å². The fourth-order valence-corrected chi connectivity index (χ4v) is 4.43. The molecule has 0 spiro atoms. The summed E-state index contributed by atoms with van der Waals surface area (Å²) < 4.78 is 0. The van der Waals surface area contributed by atoms with Crippen LogP contribution in [0.1, 0.15) is 30.2 Å². The summed E-state index contributed by atoms with van der Waals surface area (Å²) in [4.78, 5) is 22.7. The van der Waals surface area contributed by atoms with Gasteiger partial charge in [0.2, 0.25) is 5.91 Å². The van der Waals surface area contributed by atoms with Gasteiger partial charge in [-0.2, -0.15) is 0 Å². The second-order valence-electron chi connectivity index (χ2n) is 6.00. The molecule has 0 fully saturated rings. The molecule has 3 aromatic rings. The van der Waals surface area contributed by atoms with E-state index in [2.05, 4.69) is 20.6 Å². The number of hydrogen-bond acceptors (Lipinski definition) is 5. The van der Waals surface area contributed by atoms with Gasteiger partial charge in [0.25, 0.3) is 0 Å². The number of anilines is 3. The Morgan fingerprint density at radius 1 is 1.17 bits per heavy atom. The van der Waals surface area contributed by atoms with E-state index in [9.17, 15) is 4.79 Å². The average molecular weight is 338 g/mol. The van der Waals surface area contributed by atoms with Gasteiger partial charge in [-0.1, -0.05) is 6.07 Å². The Hall–Kier alpha value is -2.47. The van der Waals surface area contributed by atoms with Gasteiger partial charge in [0.1, 0.15) is 17.0 Å². The Kier molecular flexibility index (Phi) is 3.90. The summed E-state index contributed by atoms with van der Waals surface area (Å²) in [5.74, 6) is 0.767. The van der Waals surface area contributed by atoms with E-state index in [-0.39, 0.29) is 5.91 Å². The highest BCUT2D eigenvalue weighted by Crippen LogP contribution is 2.38. The van der Waals surface area contributed by atoms with Gasteiger partial charge >= 0.3 is 0 Å². The Balaban J connectivity index is 1.72. The first-order valence-electron chi connectivity index (χ1n) is 8.10. The number of thiophene rings is 1. The minimum Gasteiger partial charge on any atom is -0.340 e. The van der Waals surface area contributed by atoms with Gasteiger partial charge in [0, 0.05) is 23.2 Å². The van der Waals surface area contributed by atoms with Crippen LogP contribution in [-0.4, -0.2) is 15.9 Å². The van der Waals surface area contributed by atoms with Crippen molar-refractivity contribution in [2.75, 3.05) is 10.6 Å². The maximum absolute atomic E-state index is 11.2. The number of carbonyl (C=O) groups is 1. The standard InChI is InChI=1S/C18H18N4OS/c1-11(23)21-12-5-4-6-13(9-12)22-17-16-14-7-2-3-8-15(14)24-18(16)20-10-19-17/h4-6,9-10H,2-3,7-8H2,1H3,(H,21,23)(H,19,20,22). The number of hydrogen-bond donors (Lipinski definition) is 2. The van der Waals surface area contributed by atoms with E-state index in [0.717, 1.165) is 40.3 Å². The molecule has 5 nitrogen and oxygen atoms in total. The number of fused-ring (bicyclic) bond motifs is 3. The summed E-state index contributed by atoms with van der Waals surface area (Å²) >= 11 is 1.79. The molecule has 0 bridgehead atoms. The Bertz CT molecular complexity index is 919. The fraction of sp³-hybridized carbons (Fsp3) is 0.278. The molecule has 0 saturated heterocycles. The summed E-state index contributed by atoms with van der Waals surface area (Å²) in [6.07, 6.45) is 6.35. The van der Waals surface area contributed by atoms with E-state index in [4.69, 9.17) is 0 Å². The summed E-state index contributed by atoms with van der Waals surface area (Å²) in [5.41, 5.74) is 3.07. The maximum atomic E-state index is 11.2. The van der Waals surface area contributed by atoms with Crippen LogP contribution in [0.5, 0.6) is 0 Å². The summed E-state index contributed by atoms with van der Waals surface area (Å²) in [6.45, 7) is 1.51. The van der Waals surface area contributed by atoms with Gasteiger partial charge in [0.15, 0.2) is 0 Å². The number of carbonyl (C=O) groups excluding carboxylic acids is 1. The van der Waals surface area contributed by atoms with Gasteiger partial charge in [-0.15, -0.1) is 11.3 Å². The van der Waals surface area contributed by atoms with Crippen LogP contribution in [0, 0.1) is 0 Å². The van der Waals surface area contributed by atoms with Crippen molar-refractivity contribution >= 4 is 44.7 Å². The van der Waals surface area contributed by atoms with Crippen LogP contribution < -0.4 is 10.6 Å². The van der Waals surface area contributed by atoms with Crippen LogP contribution in [0.15, 0.2) is 30.6 Å². The Labute approximate surface area is 144 Å². The lowest BCUT2D eigenvalue weighted by Gasteiger charge is -2.13. The fourth-order valence-electron chi connectivity index (χ4n) is 3.20. The lowest BCUT2D eigenvalue weighted by Crippen LogP contribution is -2.06. The van der Waals surface area contributed by atoms with Gasteiger partial charge in [-0.05, 0) is 49.4 Å². The zero-order valence-electron chi connectivity index (χ0n) is 13.4. The van der Waals surface area contributed by atoms with Crippen LogP contribution in [-0.2, 0) is 17.6 Å². The van der Waals surface area contributed by atoms with Crippen molar-refractivity contribution in [1.29, 1.82) is 0 Å². The van der Waals surface area contributed by atoms with Crippen molar-refractivity contribution in [3.8, 4) is 0 Å². The smallest absolute Gasteiger partial charge is 0.221 e. The molecule has 1 amide bonds. The first kappa shape index (κ1) is 15.1. The first-order valence-corrected chi connectivity index (χ1v) is 8.92. The van der Waals surface area contributed by atoms with Crippen molar-refractivity contribution in [1.82, 2.24) is 9.97 Å². The zero-order chi connectivity index (χ0) is 16.5. The molecular formula is C18H18N4OS. The molecule has 0 aliphatic heterocycles. The summed E-state index contributed by atoms with van der Waals surface area (Å²) in [6, 6.07) is 7.66. The van der Waals surface area contributed by atoms with Gasteiger partial charge < -0.3 is 10.6 Å². The predicted octanol–water partition coefficient (Wildman–Crippen LogP) is 4.27. The van der Waals surface area contributed by atoms with Gasteiger partial charge in [-0.3, -0.25) is 4.79 Å². The highest BCUT2D eigenvalue weighted by molar-refractivity contribution is 7.19. The molecule has 1 aliphatic carbocycles. The molecule has 0 atom stereocenters. The van der Waals surface area contributed by atoms with Gasteiger partial charge in [0.05, 0.1) is 5.39 Å². The molecule has 2 heterocycles. The van der Waals surface area contributed by atoms with Crippen molar-refractivity contribution in [3.63, 3.8) is 0 Å². The molecule has 1 aromatic carbocycles. The predicted molar refractivity (Wildman–Crippen MR) is 98.1 cm³/mol. The third-order valence-electron chi connectivity index (χ3n) is 4.20. The number of rotatable bonds is 3. The molecule has 122 valence electrons. The molecule has 0 saturated carbocycles. The largest absolute Gasteiger partial charge is 0.340 e. The molecule has 0 radical (unpaired) electrons.